The molecule has 0 saturated heterocycles. The summed E-state index contributed by atoms with van der Waals surface area (Å²) in [5.74, 6) is -0.297. The van der Waals surface area contributed by atoms with Crippen molar-refractivity contribution in [3.63, 3.8) is 0 Å². The lowest BCUT2D eigenvalue weighted by Crippen LogP contribution is -2.29. The first-order valence-corrected chi connectivity index (χ1v) is 12.2. The van der Waals surface area contributed by atoms with Gasteiger partial charge in [0.2, 0.25) is 0 Å². The topological polar surface area (TPSA) is 115 Å². The molecule has 0 saturated carbocycles. The van der Waals surface area contributed by atoms with Gasteiger partial charge >= 0.3 is 0 Å². The summed E-state index contributed by atoms with van der Waals surface area (Å²) in [5.41, 5.74) is 6.74. The summed E-state index contributed by atoms with van der Waals surface area (Å²) in [4.78, 5) is 19.2. The van der Waals surface area contributed by atoms with E-state index in [0.29, 0.717) is 0 Å². The van der Waals surface area contributed by atoms with Crippen molar-refractivity contribution in [2.45, 2.75) is 52.6 Å². The van der Waals surface area contributed by atoms with Crippen molar-refractivity contribution in [3.8, 4) is 11.3 Å². The molecule has 0 aliphatic carbocycles. The summed E-state index contributed by atoms with van der Waals surface area (Å²) in [6.07, 6.45) is 6.92. The number of hydrogen-bond donors (Lipinski definition) is 2. The van der Waals surface area contributed by atoms with Crippen LogP contribution in [0.15, 0.2) is 42.7 Å². The second kappa shape index (κ2) is 10.4. The number of rotatable bonds is 5. The molecule has 0 radical (unpaired) electrons. The van der Waals surface area contributed by atoms with Crippen LogP contribution in [0.3, 0.4) is 0 Å². The average Bonchev–Trinajstić information content (AvgIpc) is 3.54. The van der Waals surface area contributed by atoms with Crippen molar-refractivity contribution in [2.75, 3.05) is 13.1 Å². The molecule has 1 aromatic carbocycles. The highest BCUT2D eigenvalue weighted by Gasteiger charge is 2.22. The van der Waals surface area contributed by atoms with Crippen LogP contribution in [0.1, 0.15) is 67.6 Å². The van der Waals surface area contributed by atoms with Gasteiger partial charge in [-0.1, -0.05) is 18.2 Å². The fourth-order valence-electron chi connectivity index (χ4n) is 4.39. The number of carbonyl (C=O) groups is 1. The van der Waals surface area contributed by atoms with Gasteiger partial charge < -0.3 is 10.6 Å². The summed E-state index contributed by atoms with van der Waals surface area (Å²) in [6, 6.07) is 7.95. The number of nitrogens with zero attached hydrogens (tertiary/aromatic N) is 7. The van der Waals surface area contributed by atoms with Crippen molar-refractivity contribution in [1.82, 2.24) is 45.4 Å². The first-order chi connectivity index (χ1) is 17.2. The molecule has 5 rings (SSSR count). The van der Waals surface area contributed by atoms with E-state index in [1.54, 1.807) is 6.20 Å². The van der Waals surface area contributed by atoms with Crippen molar-refractivity contribution < 1.29 is 4.79 Å². The lowest BCUT2D eigenvalue weighted by atomic mass is 9.98. The Labute approximate surface area is 222 Å². The van der Waals surface area contributed by atoms with E-state index in [1.807, 2.05) is 57.5 Å². The van der Waals surface area contributed by atoms with Gasteiger partial charge in [0, 0.05) is 12.1 Å². The van der Waals surface area contributed by atoms with Crippen LogP contribution in [0.25, 0.3) is 22.3 Å². The average molecular weight is 522 g/mol. The summed E-state index contributed by atoms with van der Waals surface area (Å²) in [5, 5.41) is 23.0. The largest absolute Gasteiger partial charge is 0.343 e. The number of amides is 1. The highest BCUT2D eigenvalue weighted by molar-refractivity contribution is 5.90. The van der Waals surface area contributed by atoms with Crippen LogP contribution in [-0.2, 0) is 5.54 Å². The smallest absolute Gasteiger partial charge is 0.293 e. The van der Waals surface area contributed by atoms with Gasteiger partial charge in [0.15, 0.2) is 0 Å². The first kappa shape index (κ1) is 26.4. The molecule has 3 aromatic heterocycles. The maximum atomic E-state index is 12.8. The van der Waals surface area contributed by atoms with E-state index in [4.69, 9.17) is 4.98 Å². The van der Waals surface area contributed by atoms with E-state index in [-0.39, 0.29) is 35.7 Å². The second-order valence-electron chi connectivity index (χ2n) is 10.2. The Morgan fingerprint density at radius 1 is 1.22 bits per heavy atom. The predicted molar refractivity (Wildman–Crippen MR) is 145 cm³/mol. The van der Waals surface area contributed by atoms with E-state index in [9.17, 15) is 4.79 Å². The lowest BCUT2D eigenvalue weighted by molar-refractivity contribution is 0.0928. The molecule has 0 spiro atoms. The van der Waals surface area contributed by atoms with Crippen LogP contribution in [0.5, 0.6) is 0 Å². The van der Waals surface area contributed by atoms with Gasteiger partial charge in [0.05, 0.1) is 40.9 Å². The Hall–Kier alpha value is -3.63. The normalized spacial score (nSPS) is 14.7. The quantitative estimate of drug-likeness (QED) is 0.411. The first-order valence-electron chi connectivity index (χ1n) is 12.2. The molecule has 1 aliphatic heterocycles. The van der Waals surface area contributed by atoms with Crippen LogP contribution in [-0.4, -0.2) is 53.8 Å². The van der Waals surface area contributed by atoms with Gasteiger partial charge in [-0.15, -0.1) is 22.6 Å². The van der Waals surface area contributed by atoms with Gasteiger partial charge in [-0.2, -0.15) is 9.90 Å². The zero-order valence-electron chi connectivity index (χ0n) is 21.7. The number of fused-ring (bicyclic) bond motifs is 1. The van der Waals surface area contributed by atoms with Crippen molar-refractivity contribution >= 4 is 29.4 Å². The molecule has 10 nitrogen and oxygen atoms in total. The third-order valence-electron chi connectivity index (χ3n) is 6.36. The molecule has 11 heteroatoms. The van der Waals surface area contributed by atoms with Gasteiger partial charge in [-0.05, 0) is 81.6 Å². The Kier molecular flexibility index (Phi) is 7.42. The second-order valence-corrected chi connectivity index (χ2v) is 10.2. The highest BCUT2D eigenvalue weighted by atomic mass is 35.5. The number of nitrogens with one attached hydrogen (secondary N) is 2. The third kappa shape index (κ3) is 5.40. The number of benzene rings is 1. The van der Waals surface area contributed by atoms with Crippen LogP contribution in [0, 0.1) is 6.92 Å². The van der Waals surface area contributed by atoms with Gasteiger partial charge in [-0.3, -0.25) is 4.79 Å². The van der Waals surface area contributed by atoms with E-state index >= 15 is 0 Å². The predicted octanol–water partition coefficient (Wildman–Crippen LogP) is 3.74. The van der Waals surface area contributed by atoms with E-state index < -0.39 is 0 Å². The molecule has 37 heavy (non-hydrogen) atoms. The number of aromatic nitrogens is 7. The summed E-state index contributed by atoms with van der Waals surface area (Å²) < 4.78 is 1.89. The number of halogens is 1. The summed E-state index contributed by atoms with van der Waals surface area (Å²) in [7, 11) is 0. The minimum atomic E-state index is -0.355. The maximum absolute atomic E-state index is 12.8. The monoisotopic (exact) mass is 521 g/mol. The van der Waals surface area contributed by atoms with Crippen LogP contribution in [0.4, 0.5) is 0 Å². The fourth-order valence-corrected chi connectivity index (χ4v) is 4.39. The zero-order chi connectivity index (χ0) is 25.4. The Balaban J connectivity index is 0.00000320. The molecule has 0 unspecified atom stereocenters. The zero-order valence-corrected chi connectivity index (χ0v) is 22.5. The van der Waals surface area contributed by atoms with Crippen LogP contribution < -0.4 is 10.6 Å². The molecule has 0 fully saturated rings. The van der Waals surface area contributed by atoms with E-state index in [1.165, 1.54) is 10.4 Å². The highest BCUT2D eigenvalue weighted by Crippen LogP contribution is 2.29. The Bertz CT molecular complexity index is 1460. The minimum absolute atomic E-state index is 0. The van der Waals surface area contributed by atoms with Crippen molar-refractivity contribution in [1.29, 1.82) is 0 Å². The van der Waals surface area contributed by atoms with Crippen LogP contribution in [0.2, 0.25) is 0 Å². The number of carbonyl (C=O) groups excluding carboxylic acids is 1. The maximum Gasteiger partial charge on any atom is 0.293 e. The molecule has 194 valence electrons. The Morgan fingerprint density at radius 3 is 2.70 bits per heavy atom. The molecule has 4 aromatic rings. The standard InChI is InChI=1S/C26H31N9O.ClH/c1-16-14-19(23-22-10-13-28-34(22)15-21(30-23)18-8-11-27-12-9-18)6-7-20(16)17(2)29-25(36)24-31-33-35(32-24)26(3,4)5;/h6-8,10,13-15,17,27H,9,11-12H2,1-5H3,(H,29,36);1H/t17-;/m1./s1. The third-order valence-corrected chi connectivity index (χ3v) is 6.36. The molecule has 0 bridgehead atoms. The minimum Gasteiger partial charge on any atom is -0.343 e. The van der Waals surface area contributed by atoms with Crippen molar-refractivity contribution in [3.05, 3.63) is 65.4 Å². The fraction of sp³-hybridized carbons (Fsp3) is 0.385. The number of hydrogen-bond acceptors (Lipinski definition) is 7. The molecule has 2 N–H and O–H groups in total. The Morgan fingerprint density at radius 2 is 2.03 bits per heavy atom. The molecular weight excluding hydrogens is 490 g/mol. The number of tetrazole rings is 1. The molecule has 1 atom stereocenters. The summed E-state index contributed by atoms with van der Waals surface area (Å²) >= 11 is 0. The van der Waals surface area contributed by atoms with Crippen LogP contribution >= 0.6 is 12.4 Å². The molecular formula is C26H32ClN9O. The van der Waals surface area contributed by atoms with E-state index in [0.717, 1.165) is 53.1 Å². The van der Waals surface area contributed by atoms with Crippen molar-refractivity contribution in [2.24, 2.45) is 0 Å². The SMILES string of the molecule is Cc1cc(-c2nc(C3=CCNCC3)cn3nccc23)ccc1[C@@H](C)NC(=O)c1nnn(C(C)(C)C)n1.Cl. The van der Waals surface area contributed by atoms with Gasteiger partial charge in [0.25, 0.3) is 11.7 Å². The van der Waals surface area contributed by atoms with Gasteiger partial charge in [-0.25, -0.2) is 9.50 Å². The molecule has 1 amide bonds. The van der Waals surface area contributed by atoms with Gasteiger partial charge in [0.1, 0.15) is 0 Å². The molecule has 4 heterocycles. The summed E-state index contributed by atoms with van der Waals surface area (Å²) in [6.45, 7) is 11.6. The molecule has 1 aliphatic rings. The lowest BCUT2D eigenvalue weighted by Gasteiger charge is -2.18. The number of aryl methyl sites for hydroxylation is 1. The van der Waals surface area contributed by atoms with E-state index in [2.05, 4.69) is 49.4 Å².